The summed E-state index contributed by atoms with van der Waals surface area (Å²) < 4.78 is 34.2. The van der Waals surface area contributed by atoms with Crippen molar-refractivity contribution in [2.45, 2.75) is 237 Å². The van der Waals surface area contributed by atoms with E-state index in [-0.39, 0.29) is 63.2 Å². The van der Waals surface area contributed by atoms with Crippen molar-refractivity contribution in [1.29, 1.82) is 0 Å². The molecule has 0 spiro atoms. The molecular weight excluding hydrogens is 1240 g/mol. The molecule has 0 N–H and O–H groups in total. The van der Waals surface area contributed by atoms with Gasteiger partial charge in [0, 0.05) is 0 Å². The summed E-state index contributed by atoms with van der Waals surface area (Å²) in [5, 5.41) is 0. The molecule has 6 unspecified atom stereocenters. The van der Waals surface area contributed by atoms with Gasteiger partial charge in [0.25, 0.3) is 0 Å². The second-order valence-corrected chi connectivity index (χ2v) is 19.9. The van der Waals surface area contributed by atoms with E-state index in [0.717, 1.165) is 0 Å². The first-order chi connectivity index (χ1) is 30.8. The van der Waals surface area contributed by atoms with Crippen molar-refractivity contribution in [1.82, 2.24) is 0 Å². The Morgan fingerprint density at radius 2 is 0.324 bits per heavy atom. The number of hydrogen-bond donors (Lipinski definition) is 0. The van der Waals surface area contributed by atoms with Crippen molar-refractivity contribution in [2.75, 3.05) is 0 Å². The molecule has 6 atom stereocenters. The molecule has 0 bridgehead atoms. The zero-order valence-electron chi connectivity index (χ0n) is 46.2. The molecule has 0 aromatic heterocycles. The topological polar surface area (TPSA) is 345 Å². The van der Waals surface area contributed by atoms with Gasteiger partial charge in [-0.3, -0.25) is 0 Å². The first kappa shape index (κ1) is 106. The van der Waals surface area contributed by atoms with Crippen LogP contribution in [-0.4, -0.2) is 0 Å². The van der Waals surface area contributed by atoms with Crippen molar-refractivity contribution in [2.24, 2.45) is 35.5 Å². The molecular formula is C48H102Mo3O16P4-6. The zero-order chi connectivity index (χ0) is 56.4. The van der Waals surface area contributed by atoms with E-state index in [1.807, 2.05) is 0 Å². The van der Waals surface area contributed by atoms with Gasteiger partial charge in [0.15, 0.2) is 0 Å². The number of unbranched alkanes of at least 4 members (excludes halogenated alkanes) is 6. The molecule has 0 aliphatic heterocycles. The number of hydrogen-bond acceptors (Lipinski definition) is 16. The molecule has 16 nitrogen and oxygen atoms in total. The quantitative estimate of drug-likeness (QED) is 0.0538. The normalized spacial score (nSPS) is 12.7. The summed E-state index contributed by atoms with van der Waals surface area (Å²) in [5.74, 6) is 4.22. The molecule has 0 aliphatic rings. The molecule has 0 saturated heterocycles. The van der Waals surface area contributed by atoms with Crippen molar-refractivity contribution < 1.29 is 140 Å². The fourth-order valence-electron chi connectivity index (χ4n) is 4.18. The van der Waals surface area contributed by atoms with Crippen LogP contribution in [0.15, 0.2) is 0 Å². The van der Waals surface area contributed by atoms with E-state index in [9.17, 15) is 0 Å². The first-order valence-corrected chi connectivity index (χ1v) is 30.6. The van der Waals surface area contributed by atoms with Crippen LogP contribution in [0.3, 0.4) is 0 Å². The Balaban J connectivity index is -0.0000000479. The Morgan fingerprint density at radius 3 is 0.366 bits per heavy atom. The van der Waals surface area contributed by atoms with Gasteiger partial charge in [0.2, 0.25) is 0 Å². The Morgan fingerprint density at radius 1 is 0.254 bits per heavy atom. The maximum atomic E-state index is 8.55. The van der Waals surface area contributed by atoms with Crippen LogP contribution >= 0.6 is 31.3 Å². The summed E-state index contributed by atoms with van der Waals surface area (Å²) in [6.45, 7) is 50.5. The molecule has 0 aromatic carbocycles. The van der Waals surface area contributed by atoms with Crippen LogP contribution in [0.4, 0.5) is 0 Å². The number of rotatable bonds is 24. The zero-order valence-corrected chi connectivity index (χ0v) is 55.8. The summed E-state index contributed by atoms with van der Waals surface area (Å²) in [6, 6.07) is 0. The third kappa shape index (κ3) is 243. The van der Waals surface area contributed by atoms with Crippen LogP contribution in [-0.2, 0) is 81.5 Å². The monoisotopic (exact) mass is 1350 g/mol. The third-order valence-corrected chi connectivity index (χ3v) is 9.26. The van der Waals surface area contributed by atoms with Crippen LogP contribution in [0.25, 0.3) is 0 Å². The van der Waals surface area contributed by atoms with E-state index in [0.29, 0.717) is 35.5 Å². The van der Waals surface area contributed by atoms with Crippen LogP contribution in [0, 0.1) is 77.0 Å². The van der Waals surface area contributed by atoms with Crippen LogP contribution in [0.5, 0.6) is 0 Å². The average molecular weight is 1350 g/mol. The summed E-state index contributed by atoms with van der Waals surface area (Å²) in [4.78, 5) is 103. The van der Waals surface area contributed by atoms with E-state index < -0.39 is 31.3 Å². The van der Waals surface area contributed by atoms with Gasteiger partial charge >= 0.3 is 63.2 Å². The molecule has 0 amide bonds. The van der Waals surface area contributed by atoms with Crippen LogP contribution < -0.4 is 58.7 Å². The van der Waals surface area contributed by atoms with E-state index in [2.05, 4.69) is 125 Å². The maximum Gasteiger partial charge on any atom is 4.00 e. The predicted molar refractivity (Wildman–Crippen MR) is 262 cm³/mol. The Labute approximate surface area is 482 Å². The molecule has 23 heteroatoms. The molecule has 0 fully saturated rings. The largest absolute Gasteiger partial charge is 4.00 e. The second-order valence-electron chi connectivity index (χ2n) is 16.3. The summed E-state index contributed by atoms with van der Waals surface area (Å²) >= 11 is 0. The van der Waals surface area contributed by atoms with E-state index >= 15 is 0 Å². The van der Waals surface area contributed by atoms with E-state index in [4.69, 9.17) is 77.0 Å². The predicted octanol–water partition coefficient (Wildman–Crippen LogP) is 6.92. The molecule has 0 rings (SSSR count). The van der Waals surface area contributed by atoms with Gasteiger partial charge < -0.3 is 119 Å². The van der Waals surface area contributed by atoms with Crippen LogP contribution in [0.2, 0.25) is 0 Å². The summed E-state index contributed by atoms with van der Waals surface area (Å²) in [7, 11) is -21.6. The molecule has 0 heterocycles. The maximum absolute atomic E-state index is 8.55. The molecule has 0 saturated carbocycles. The van der Waals surface area contributed by atoms with Crippen molar-refractivity contribution in [3.05, 3.63) is 41.5 Å². The minimum Gasteiger partial charge on any atom is -0.822 e. The van der Waals surface area contributed by atoms with Crippen molar-refractivity contribution in [3.8, 4) is 0 Å². The van der Waals surface area contributed by atoms with Gasteiger partial charge in [-0.1, -0.05) is 237 Å². The molecule has 0 radical (unpaired) electrons. The minimum absolute atomic E-state index is 0. The molecule has 71 heavy (non-hydrogen) atoms. The van der Waals surface area contributed by atoms with Crippen LogP contribution in [0.1, 0.15) is 237 Å². The van der Waals surface area contributed by atoms with Crippen molar-refractivity contribution in [3.63, 3.8) is 0 Å². The van der Waals surface area contributed by atoms with Gasteiger partial charge in [-0.15, -0.1) is 0 Å². The molecule has 0 aromatic rings. The fourth-order valence-corrected chi connectivity index (χ4v) is 4.18. The smallest absolute Gasteiger partial charge is 0.822 e. The standard InChI is InChI=1S/6C8H17.3Mo.4H3O4P/c6*1-4-6-7-8(3)5-2;;;;4*1-5(2,3)4/h6*8H,3-7H2,1-2H3;;;;4*(H3,1,2,3,4)/q6*-1;3*+4;;;;/p-12. The van der Waals surface area contributed by atoms with E-state index in [1.165, 1.54) is 154 Å². The molecule has 434 valence electrons. The summed E-state index contributed by atoms with van der Waals surface area (Å²) in [6.07, 6.45) is 31.3. The summed E-state index contributed by atoms with van der Waals surface area (Å²) in [5.41, 5.74) is 0. The van der Waals surface area contributed by atoms with E-state index in [1.54, 1.807) is 0 Å². The Kier molecular flexibility index (Phi) is 117. The van der Waals surface area contributed by atoms with Gasteiger partial charge in [0.05, 0.1) is 0 Å². The second kappa shape index (κ2) is 79.0. The van der Waals surface area contributed by atoms with Gasteiger partial charge in [0.1, 0.15) is 0 Å². The fraction of sp³-hybridized carbons (Fsp3) is 0.875. The Hall–Kier alpha value is 2.50. The SMILES string of the molecule is O=P([O-])([O-])[O-].O=P([O-])([O-])[O-].O=P([O-])([O-])[O-].O=P([O-])([O-])[O-].[CH2-]C(CC)CCCC.[CH2-]C(CC)CCCC.[CH2-]C(CC)CCCC.[CH2-]C(CC)CCCC.[CH2-]C(CC)CCCC.[CH2-]C(CC)CCCC.[Mo+4].[Mo+4].[Mo+4]. The van der Waals surface area contributed by atoms with Gasteiger partial charge in [-0.25, -0.2) is 0 Å². The molecule has 0 aliphatic carbocycles. The first-order valence-electron chi connectivity index (χ1n) is 24.8. The third-order valence-electron chi connectivity index (χ3n) is 9.26. The minimum atomic E-state index is -5.39. The Bertz CT molecular complexity index is 865. The number of phosphoric acid groups is 4. The van der Waals surface area contributed by atoms with Gasteiger partial charge in [-0.2, -0.15) is 66.8 Å². The van der Waals surface area contributed by atoms with Crippen molar-refractivity contribution >= 4 is 31.3 Å². The average Bonchev–Trinajstić information content (AvgIpc) is 3.22. The van der Waals surface area contributed by atoms with Gasteiger partial charge in [-0.05, 0) is 0 Å².